The Hall–Kier alpha value is -1.99. The maximum atomic E-state index is 12.2. The summed E-state index contributed by atoms with van der Waals surface area (Å²) in [5.41, 5.74) is 3.33. The quantitative estimate of drug-likeness (QED) is 0.592. The number of carbonyl (C=O) groups is 2. The average Bonchev–Trinajstić information content (AvgIpc) is 2.71. The molecular weight excluding hydrogens is 396 g/mol. The molecule has 1 unspecified atom stereocenters. The zero-order valence-electron chi connectivity index (χ0n) is 18.4. The first-order chi connectivity index (χ1) is 14.9. The summed E-state index contributed by atoms with van der Waals surface area (Å²) in [5.74, 6) is -0.633. The molecule has 2 N–H and O–H groups in total. The molecule has 7 nitrogen and oxygen atoms in total. The standard InChI is InChI=1S/C24H34N2O5/c1-24(14-30-15-24)23(29)26-21(22(27)28)10-11-31-19-12-16(13-19)6-8-18-9-7-17-4-2-3-5-20(17)25-18/h7,9,16,19,21H,2-6,8,10-15H2,1H3,(H,26,29)(H,27,28). The van der Waals surface area contributed by atoms with Crippen molar-refractivity contribution in [1.82, 2.24) is 10.3 Å². The monoisotopic (exact) mass is 430 g/mol. The van der Waals surface area contributed by atoms with Gasteiger partial charge in [-0.15, -0.1) is 0 Å². The lowest BCUT2D eigenvalue weighted by Crippen LogP contribution is -2.55. The van der Waals surface area contributed by atoms with Crippen LogP contribution in [0.5, 0.6) is 0 Å². The number of nitrogens with zero attached hydrogens (tertiary/aromatic N) is 1. The predicted octanol–water partition coefficient (Wildman–Crippen LogP) is 2.68. The van der Waals surface area contributed by atoms with Gasteiger partial charge in [-0.3, -0.25) is 9.78 Å². The number of fused-ring (bicyclic) bond motifs is 1. The van der Waals surface area contributed by atoms with Gasteiger partial charge in [-0.2, -0.15) is 0 Å². The molecule has 1 atom stereocenters. The summed E-state index contributed by atoms with van der Waals surface area (Å²) in [5, 5.41) is 12.0. The summed E-state index contributed by atoms with van der Waals surface area (Å²) in [6.07, 6.45) is 9.48. The van der Waals surface area contributed by atoms with Crippen molar-refractivity contribution in [3.05, 3.63) is 29.1 Å². The van der Waals surface area contributed by atoms with E-state index in [4.69, 9.17) is 14.5 Å². The first-order valence-electron chi connectivity index (χ1n) is 11.6. The second-order valence-corrected chi connectivity index (χ2v) is 9.69. The highest BCUT2D eigenvalue weighted by molar-refractivity contribution is 5.87. The van der Waals surface area contributed by atoms with Gasteiger partial charge < -0.3 is 19.9 Å². The van der Waals surface area contributed by atoms with Crippen LogP contribution in [0.1, 0.15) is 62.4 Å². The number of carbonyl (C=O) groups excluding carboxylic acids is 1. The molecule has 0 bridgehead atoms. The molecule has 7 heteroatoms. The van der Waals surface area contributed by atoms with Gasteiger partial charge in [0.25, 0.3) is 0 Å². The van der Waals surface area contributed by atoms with Gasteiger partial charge in [0, 0.05) is 24.4 Å². The highest BCUT2D eigenvalue weighted by atomic mass is 16.5. The van der Waals surface area contributed by atoms with Crippen molar-refractivity contribution in [2.24, 2.45) is 11.3 Å². The van der Waals surface area contributed by atoms with E-state index in [0.29, 0.717) is 25.7 Å². The van der Waals surface area contributed by atoms with Crippen LogP contribution in [0.25, 0.3) is 0 Å². The molecule has 4 rings (SSSR count). The van der Waals surface area contributed by atoms with E-state index in [1.165, 1.54) is 36.2 Å². The Kier molecular flexibility index (Phi) is 6.92. The van der Waals surface area contributed by atoms with E-state index in [-0.39, 0.29) is 18.4 Å². The lowest BCUT2D eigenvalue weighted by atomic mass is 9.79. The number of ether oxygens (including phenoxy) is 2. The number of aromatic nitrogens is 1. The van der Waals surface area contributed by atoms with Crippen LogP contribution >= 0.6 is 0 Å². The third-order valence-electron chi connectivity index (χ3n) is 6.99. The van der Waals surface area contributed by atoms with Gasteiger partial charge in [0.05, 0.1) is 24.7 Å². The summed E-state index contributed by atoms with van der Waals surface area (Å²) in [4.78, 5) is 28.6. The van der Waals surface area contributed by atoms with E-state index < -0.39 is 17.4 Å². The van der Waals surface area contributed by atoms with Crippen LogP contribution < -0.4 is 5.32 Å². The Morgan fingerprint density at radius 3 is 2.77 bits per heavy atom. The minimum Gasteiger partial charge on any atom is -0.480 e. The van der Waals surface area contributed by atoms with Crippen LogP contribution in [-0.4, -0.2) is 53.9 Å². The van der Waals surface area contributed by atoms with Gasteiger partial charge in [-0.25, -0.2) is 4.79 Å². The zero-order chi connectivity index (χ0) is 21.8. The van der Waals surface area contributed by atoms with Gasteiger partial charge in [-0.1, -0.05) is 6.07 Å². The Morgan fingerprint density at radius 1 is 1.29 bits per heavy atom. The first-order valence-corrected chi connectivity index (χ1v) is 11.6. The molecule has 31 heavy (non-hydrogen) atoms. The maximum absolute atomic E-state index is 12.2. The number of hydrogen-bond acceptors (Lipinski definition) is 5. The molecule has 2 fully saturated rings. The summed E-state index contributed by atoms with van der Waals surface area (Å²) < 4.78 is 10.9. The SMILES string of the molecule is CC1(C(=O)NC(CCOC2CC(CCc3ccc4c(n3)CCCC4)C2)C(=O)O)COC1. The van der Waals surface area contributed by atoms with E-state index >= 15 is 0 Å². The number of rotatable bonds is 10. The van der Waals surface area contributed by atoms with E-state index in [0.717, 1.165) is 32.1 Å². The Morgan fingerprint density at radius 2 is 2.06 bits per heavy atom. The molecule has 1 amide bonds. The highest BCUT2D eigenvalue weighted by Crippen LogP contribution is 2.34. The smallest absolute Gasteiger partial charge is 0.326 e. The number of aryl methyl sites for hydroxylation is 3. The van der Waals surface area contributed by atoms with E-state index in [9.17, 15) is 14.7 Å². The number of nitrogens with one attached hydrogen (secondary N) is 1. The van der Waals surface area contributed by atoms with Crippen LogP contribution in [0.4, 0.5) is 0 Å². The van der Waals surface area contributed by atoms with Crippen LogP contribution in [0.2, 0.25) is 0 Å². The van der Waals surface area contributed by atoms with Crippen molar-refractivity contribution in [2.45, 2.75) is 76.9 Å². The predicted molar refractivity (Wildman–Crippen MR) is 115 cm³/mol. The Labute approximate surface area is 183 Å². The molecule has 2 heterocycles. The van der Waals surface area contributed by atoms with Crippen molar-refractivity contribution in [2.75, 3.05) is 19.8 Å². The van der Waals surface area contributed by atoms with E-state index in [2.05, 4.69) is 17.4 Å². The van der Waals surface area contributed by atoms with Gasteiger partial charge in [0.15, 0.2) is 0 Å². The maximum Gasteiger partial charge on any atom is 0.326 e. The fourth-order valence-corrected chi connectivity index (χ4v) is 4.65. The number of amides is 1. The normalized spacial score (nSPS) is 24.9. The van der Waals surface area contributed by atoms with Gasteiger partial charge in [0.2, 0.25) is 5.91 Å². The van der Waals surface area contributed by atoms with E-state index in [1.807, 2.05) is 0 Å². The van der Waals surface area contributed by atoms with Crippen LogP contribution in [0, 0.1) is 11.3 Å². The Bertz CT molecular complexity index is 801. The lowest BCUT2D eigenvalue weighted by Gasteiger charge is -2.37. The number of aliphatic carboxylic acids is 1. The minimum absolute atomic E-state index is 0.198. The molecule has 1 saturated heterocycles. The molecule has 0 aromatic carbocycles. The third kappa shape index (κ3) is 5.44. The molecule has 3 aliphatic rings. The second-order valence-electron chi connectivity index (χ2n) is 9.69. The largest absolute Gasteiger partial charge is 0.480 e. The van der Waals surface area contributed by atoms with Gasteiger partial charge in [0.1, 0.15) is 6.04 Å². The van der Waals surface area contributed by atoms with Crippen LogP contribution in [0.3, 0.4) is 0 Å². The lowest BCUT2D eigenvalue weighted by molar-refractivity contribution is -0.161. The molecular formula is C24H34N2O5. The molecule has 0 radical (unpaired) electrons. The third-order valence-corrected chi connectivity index (χ3v) is 6.99. The number of carboxylic acids is 1. The first kappa shape index (κ1) is 22.2. The van der Waals surface area contributed by atoms with Crippen molar-refractivity contribution >= 4 is 11.9 Å². The van der Waals surface area contributed by atoms with Crippen molar-refractivity contribution in [3.8, 4) is 0 Å². The second kappa shape index (κ2) is 9.65. The molecule has 0 spiro atoms. The molecule has 1 aromatic rings. The van der Waals surface area contributed by atoms with Crippen molar-refractivity contribution in [3.63, 3.8) is 0 Å². The molecule has 170 valence electrons. The Balaban J connectivity index is 1.12. The zero-order valence-corrected chi connectivity index (χ0v) is 18.4. The van der Waals surface area contributed by atoms with Crippen LogP contribution in [0.15, 0.2) is 12.1 Å². The summed E-state index contributed by atoms with van der Waals surface area (Å²) in [7, 11) is 0. The van der Waals surface area contributed by atoms with Crippen molar-refractivity contribution in [1.29, 1.82) is 0 Å². The molecule has 1 aliphatic heterocycles. The molecule has 1 aromatic heterocycles. The molecule has 2 aliphatic carbocycles. The average molecular weight is 431 g/mol. The van der Waals surface area contributed by atoms with Crippen LogP contribution in [-0.2, 0) is 38.3 Å². The van der Waals surface area contributed by atoms with Gasteiger partial charge in [-0.05, 0) is 75.8 Å². The summed E-state index contributed by atoms with van der Waals surface area (Å²) in [6, 6.07) is 3.53. The number of pyridine rings is 1. The van der Waals surface area contributed by atoms with Crippen molar-refractivity contribution < 1.29 is 24.2 Å². The number of hydrogen-bond donors (Lipinski definition) is 2. The topological polar surface area (TPSA) is 97.8 Å². The fraction of sp³-hybridized carbons (Fsp3) is 0.708. The summed E-state index contributed by atoms with van der Waals surface area (Å²) in [6.45, 7) is 2.81. The minimum atomic E-state index is -1.02. The number of carboxylic acid groups (broad SMARTS) is 1. The molecule has 1 saturated carbocycles. The summed E-state index contributed by atoms with van der Waals surface area (Å²) >= 11 is 0. The van der Waals surface area contributed by atoms with Gasteiger partial charge >= 0.3 is 5.97 Å². The highest BCUT2D eigenvalue weighted by Gasteiger charge is 2.42. The van der Waals surface area contributed by atoms with E-state index in [1.54, 1.807) is 6.92 Å². The fourth-order valence-electron chi connectivity index (χ4n) is 4.65.